The van der Waals surface area contributed by atoms with Crippen molar-refractivity contribution in [2.45, 2.75) is 24.4 Å². The summed E-state index contributed by atoms with van der Waals surface area (Å²) < 4.78 is 108. The number of halogens is 6. The third-order valence-corrected chi connectivity index (χ3v) is 6.49. The molecule has 0 aromatic heterocycles. The van der Waals surface area contributed by atoms with Crippen molar-refractivity contribution < 1.29 is 43.2 Å². The number of rotatable bonds is 4. The van der Waals surface area contributed by atoms with Gasteiger partial charge in [-0.25, -0.2) is 16.8 Å². The SMILES string of the molecule is CCC[P+](C)(C)C.O=S(=O)(NS(=O)(=O)C(F)(F)F)C(F)(F)F. The number of hydrogen-bond acceptors (Lipinski definition) is 4. The maximum absolute atomic E-state index is 11.5. The van der Waals surface area contributed by atoms with E-state index in [0.717, 1.165) is 0 Å². The van der Waals surface area contributed by atoms with Crippen LogP contribution in [0.15, 0.2) is 0 Å². The largest absolute Gasteiger partial charge is 0.512 e. The van der Waals surface area contributed by atoms with Gasteiger partial charge in [-0.2, -0.15) is 26.3 Å². The van der Waals surface area contributed by atoms with Crippen molar-refractivity contribution in [2.24, 2.45) is 0 Å². The third kappa shape index (κ3) is 9.11. The Bertz CT molecular complexity index is 505. The van der Waals surface area contributed by atoms with Crippen molar-refractivity contribution in [1.82, 2.24) is 4.13 Å². The summed E-state index contributed by atoms with van der Waals surface area (Å²) in [5.41, 5.74) is -12.3. The monoisotopic (exact) mass is 400 g/mol. The van der Waals surface area contributed by atoms with E-state index in [1.807, 2.05) is 0 Å². The number of sulfonamides is 2. The van der Waals surface area contributed by atoms with E-state index in [0.29, 0.717) is 0 Å². The van der Waals surface area contributed by atoms with Crippen LogP contribution in [0, 0.1) is 0 Å². The van der Waals surface area contributed by atoms with Gasteiger partial charge in [-0.1, -0.05) is 11.1 Å². The first-order chi connectivity index (χ1) is 9.27. The maximum Gasteiger partial charge on any atom is 0.512 e. The predicted octanol–water partition coefficient (Wildman–Crippen LogP) is 2.58. The van der Waals surface area contributed by atoms with Gasteiger partial charge in [0.05, 0.1) is 6.16 Å². The average molecular weight is 400 g/mol. The molecule has 0 atom stereocenters. The molecule has 0 aromatic carbocycles. The van der Waals surface area contributed by atoms with E-state index in [2.05, 4.69) is 26.9 Å². The molecule has 0 aromatic rings. The summed E-state index contributed by atoms with van der Waals surface area (Å²) in [5.74, 6) is 0. The summed E-state index contributed by atoms with van der Waals surface area (Å²) in [6.45, 7) is 9.41. The highest BCUT2D eigenvalue weighted by molar-refractivity contribution is 8.05. The second-order valence-electron chi connectivity index (χ2n) is 5.00. The molecule has 0 rings (SSSR count). The minimum Gasteiger partial charge on any atom is -0.202 e. The van der Waals surface area contributed by atoms with Crippen LogP contribution in [0.4, 0.5) is 26.3 Å². The number of alkyl halides is 6. The Balaban J connectivity index is 0. The van der Waals surface area contributed by atoms with Gasteiger partial charge >= 0.3 is 31.1 Å². The highest BCUT2D eigenvalue weighted by Crippen LogP contribution is 2.46. The molecule has 0 saturated heterocycles. The Morgan fingerprint density at radius 1 is 0.818 bits per heavy atom. The topological polar surface area (TPSA) is 80.3 Å². The zero-order valence-corrected chi connectivity index (χ0v) is 14.6. The predicted molar refractivity (Wildman–Crippen MR) is 72.9 cm³/mol. The molecule has 1 N–H and O–H groups in total. The first-order valence-electron chi connectivity index (χ1n) is 5.48. The van der Waals surface area contributed by atoms with Crippen LogP contribution in [0.3, 0.4) is 0 Å². The minimum absolute atomic E-state index is 0.416. The number of nitrogens with one attached hydrogen (secondary N) is 1. The van der Waals surface area contributed by atoms with Crippen LogP contribution < -0.4 is 4.13 Å². The van der Waals surface area contributed by atoms with Crippen LogP contribution in [0.1, 0.15) is 13.3 Å². The van der Waals surface area contributed by atoms with E-state index >= 15 is 0 Å². The molecule has 0 fully saturated rings. The molecule has 136 valence electrons. The molecule has 0 unspecified atom stereocenters. The summed E-state index contributed by atoms with van der Waals surface area (Å²) in [6.07, 6.45) is 2.81. The highest BCUT2D eigenvalue weighted by Gasteiger charge is 2.55. The fraction of sp³-hybridized carbons (Fsp3) is 1.00. The first kappa shape index (κ1) is 24.1. The standard InChI is InChI=1S/C6H16P.C2HF6NO4S2/c1-5-6-7(2,3)4;3-1(4,5)14(10,11)9-15(12,13)2(6,7)8/h5-6H2,1-4H3;9H/q+1;. The van der Waals surface area contributed by atoms with E-state index in [9.17, 15) is 43.2 Å². The molecule has 0 aliphatic carbocycles. The molecule has 0 amide bonds. The lowest BCUT2D eigenvalue weighted by Gasteiger charge is -2.11. The van der Waals surface area contributed by atoms with Gasteiger partial charge in [-0.3, -0.25) is 0 Å². The van der Waals surface area contributed by atoms with Crippen LogP contribution in [0.2, 0.25) is 0 Å². The van der Waals surface area contributed by atoms with Crippen molar-refractivity contribution in [3.05, 3.63) is 0 Å². The lowest BCUT2D eigenvalue weighted by Crippen LogP contribution is -2.45. The highest BCUT2D eigenvalue weighted by atomic mass is 32.3. The van der Waals surface area contributed by atoms with Crippen molar-refractivity contribution in [1.29, 1.82) is 0 Å². The molecule has 0 heterocycles. The fourth-order valence-corrected chi connectivity index (χ4v) is 4.16. The third-order valence-electron chi connectivity index (χ3n) is 1.72. The normalized spacial score (nSPS) is 14.3. The van der Waals surface area contributed by atoms with Crippen molar-refractivity contribution in [3.63, 3.8) is 0 Å². The van der Waals surface area contributed by atoms with Crippen LogP contribution in [0.5, 0.6) is 0 Å². The lowest BCUT2D eigenvalue weighted by molar-refractivity contribution is -0.0476. The van der Waals surface area contributed by atoms with Crippen molar-refractivity contribution in [2.75, 3.05) is 26.2 Å². The Morgan fingerprint density at radius 3 is 1.18 bits per heavy atom. The minimum atomic E-state index is -6.60. The molecule has 22 heavy (non-hydrogen) atoms. The smallest absolute Gasteiger partial charge is 0.202 e. The van der Waals surface area contributed by atoms with Gasteiger partial charge in [-0.05, 0) is 6.42 Å². The average Bonchev–Trinajstić information content (AvgIpc) is 2.10. The molecule has 0 aliphatic heterocycles. The van der Waals surface area contributed by atoms with E-state index in [1.54, 1.807) is 0 Å². The molecular formula is C8H17F6NO4PS2+. The van der Waals surface area contributed by atoms with Crippen LogP contribution in [0.25, 0.3) is 0 Å². The van der Waals surface area contributed by atoms with Crippen LogP contribution in [-0.4, -0.2) is 54.0 Å². The van der Waals surface area contributed by atoms with Crippen molar-refractivity contribution >= 4 is 27.3 Å². The second-order valence-corrected chi connectivity index (χ2v) is 13.6. The maximum atomic E-state index is 11.5. The molecule has 0 bridgehead atoms. The van der Waals surface area contributed by atoms with Crippen LogP contribution >= 0.6 is 7.26 Å². The second kappa shape index (κ2) is 7.63. The molecule has 0 aliphatic rings. The van der Waals surface area contributed by atoms with Crippen LogP contribution in [-0.2, 0) is 20.0 Å². The Morgan fingerprint density at radius 2 is 1.09 bits per heavy atom. The van der Waals surface area contributed by atoms with E-state index in [1.165, 1.54) is 12.6 Å². The summed E-state index contributed by atoms with van der Waals surface area (Å²) in [4.78, 5) is 0. The molecule has 5 nitrogen and oxygen atoms in total. The quantitative estimate of drug-likeness (QED) is 0.581. The summed E-state index contributed by atoms with van der Waals surface area (Å²) in [7, 11) is -13.6. The van der Waals surface area contributed by atoms with Crippen molar-refractivity contribution in [3.8, 4) is 0 Å². The van der Waals surface area contributed by atoms with Gasteiger partial charge < -0.3 is 0 Å². The lowest BCUT2D eigenvalue weighted by atomic mass is 10.6. The van der Waals surface area contributed by atoms with Gasteiger partial charge in [0.2, 0.25) is 0 Å². The summed E-state index contributed by atoms with van der Waals surface area (Å²) >= 11 is 0. The van der Waals surface area contributed by atoms with E-state index in [-0.39, 0.29) is 0 Å². The van der Waals surface area contributed by atoms with Gasteiger partial charge in [0.1, 0.15) is 0 Å². The fourth-order valence-electron chi connectivity index (χ4n) is 0.910. The summed E-state index contributed by atoms with van der Waals surface area (Å²) in [6, 6.07) is 0. The Labute approximate surface area is 125 Å². The van der Waals surface area contributed by atoms with E-state index in [4.69, 9.17) is 0 Å². The Kier molecular flexibility index (Phi) is 8.36. The molecule has 14 heteroatoms. The zero-order chi connectivity index (χ0) is 18.6. The molecule has 0 saturated carbocycles. The molecular weight excluding hydrogens is 383 g/mol. The van der Waals surface area contributed by atoms with Gasteiger partial charge in [0.25, 0.3) is 0 Å². The van der Waals surface area contributed by atoms with E-state index < -0.39 is 42.5 Å². The first-order valence-corrected chi connectivity index (χ1v) is 11.8. The Hall–Kier alpha value is -0.130. The van der Waals surface area contributed by atoms with Gasteiger partial charge in [0.15, 0.2) is 0 Å². The summed E-state index contributed by atoms with van der Waals surface area (Å²) in [5, 5.41) is 0. The van der Waals surface area contributed by atoms with Gasteiger partial charge in [0, 0.05) is 27.3 Å². The zero-order valence-electron chi connectivity index (χ0n) is 12.1. The molecule has 0 spiro atoms. The molecule has 0 radical (unpaired) electrons. The number of hydrogen-bond donors (Lipinski definition) is 1. The van der Waals surface area contributed by atoms with Gasteiger partial charge in [-0.15, -0.1) is 0 Å².